The van der Waals surface area contributed by atoms with E-state index >= 15 is 0 Å². The minimum absolute atomic E-state index is 0.0617. The number of hydrogen-bond acceptors (Lipinski definition) is 4. The normalized spacial score (nSPS) is 12.6. The third kappa shape index (κ3) is 3.51. The summed E-state index contributed by atoms with van der Waals surface area (Å²) in [6.45, 7) is 6.56. The summed E-state index contributed by atoms with van der Waals surface area (Å²) in [5, 5.41) is 9.88. The highest BCUT2D eigenvalue weighted by Crippen LogP contribution is 2.29. The van der Waals surface area contributed by atoms with Gasteiger partial charge in [0, 0.05) is 6.61 Å². The Morgan fingerprint density at radius 3 is 2.59 bits per heavy atom. The van der Waals surface area contributed by atoms with E-state index in [0.29, 0.717) is 23.6 Å². The maximum Gasteiger partial charge on any atom is 0.347 e. The van der Waals surface area contributed by atoms with Gasteiger partial charge in [0.05, 0.1) is 5.69 Å². The van der Waals surface area contributed by atoms with Gasteiger partial charge in [0.15, 0.2) is 0 Å². The van der Waals surface area contributed by atoms with Crippen molar-refractivity contribution < 1.29 is 14.6 Å². The number of hydrogen-bond donors (Lipinski definition) is 1. The fraction of sp³-hybridized carbons (Fsp3) is 0.667. The Morgan fingerprint density at radius 2 is 2.18 bits per heavy atom. The number of aromatic carboxylic acids is 1. The SMILES string of the molecule is CCCC(OCC)c1nc(CC)c(C(=O)O)s1. The zero-order valence-corrected chi connectivity index (χ0v) is 11.3. The van der Waals surface area contributed by atoms with E-state index in [4.69, 9.17) is 9.84 Å². The molecule has 1 unspecified atom stereocenters. The maximum absolute atomic E-state index is 11.1. The molecule has 0 bridgehead atoms. The molecule has 0 amide bonds. The monoisotopic (exact) mass is 257 g/mol. The van der Waals surface area contributed by atoms with Gasteiger partial charge in [-0.25, -0.2) is 9.78 Å². The van der Waals surface area contributed by atoms with Crippen molar-refractivity contribution in [3.8, 4) is 0 Å². The minimum atomic E-state index is -0.891. The summed E-state index contributed by atoms with van der Waals surface area (Å²) in [6.07, 6.45) is 2.45. The summed E-state index contributed by atoms with van der Waals surface area (Å²) >= 11 is 1.24. The Morgan fingerprint density at radius 1 is 1.47 bits per heavy atom. The van der Waals surface area contributed by atoms with Crippen LogP contribution < -0.4 is 0 Å². The average molecular weight is 257 g/mol. The van der Waals surface area contributed by atoms with E-state index in [2.05, 4.69) is 11.9 Å². The molecule has 0 saturated carbocycles. The molecule has 5 heteroatoms. The Hall–Kier alpha value is -0.940. The lowest BCUT2D eigenvalue weighted by atomic mass is 10.2. The smallest absolute Gasteiger partial charge is 0.347 e. The van der Waals surface area contributed by atoms with E-state index in [-0.39, 0.29) is 6.10 Å². The number of carboxylic acid groups (broad SMARTS) is 1. The predicted octanol–water partition coefficient (Wildman–Crippen LogP) is 3.28. The lowest BCUT2D eigenvalue weighted by Gasteiger charge is -2.12. The van der Waals surface area contributed by atoms with Gasteiger partial charge in [-0.15, -0.1) is 11.3 Å². The van der Waals surface area contributed by atoms with Crippen molar-refractivity contribution in [3.63, 3.8) is 0 Å². The fourth-order valence-corrected chi connectivity index (χ4v) is 2.73. The largest absolute Gasteiger partial charge is 0.477 e. The van der Waals surface area contributed by atoms with Crippen LogP contribution in [-0.4, -0.2) is 22.7 Å². The molecule has 1 aromatic rings. The number of nitrogens with zero attached hydrogens (tertiary/aromatic N) is 1. The fourth-order valence-electron chi connectivity index (χ4n) is 1.66. The van der Waals surface area contributed by atoms with Gasteiger partial charge in [-0.2, -0.15) is 0 Å². The second-order valence-corrected chi connectivity index (χ2v) is 4.75. The van der Waals surface area contributed by atoms with E-state index in [1.165, 1.54) is 11.3 Å². The molecular weight excluding hydrogens is 238 g/mol. The molecule has 4 nitrogen and oxygen atoms in total. The Labute approximate surface area is 106 Å². The van der Waals surface area contributed by atoms with E-state index in [9.17, 15) is 4.79 Å². The van der Waals surface area contributed by atoms with E-state index in [1.54, 1.807) is 0 Å². The third-order valence-electron chi connectivity index (χ3n) is 2.44. The van der Waals surface area contributed by atoms with Crippen LogP contribution in [0.15, 0.2) is 0 Å². The number of aromatic nitrogens is 1. The standard InChI is InChI=1S/C12H19NO3S/c1-4-7-9(16-6-3)11-13-8(5-2)10(17-11)12(14)15/h9H,4-7H2,1-3H3,(H,14,15). The van der Waals surface area contributed by atoms with Crippen LogP contribution in [0, 0.1) is 0 Å². The number of carboxylic acids is 1. The molecule has 1 atom stereocenters. The van der Waals surface area contributed by atoms with Crippen molar-refractivity contribution in [1.29, 1.82) is 0 Å². The summed E-state index contributed by atoms with van der Waals surface area (Å²) in [7, 11) is 0. The van der Waals surface area contributed by atoms with Crippen molar-refractivity contribution in [1.82, 2.24) is 4.98 Å². The van der Waals surface area contributed by atoms with Crippen LogP contribution in [0.3, 0.4) is 0 Å². The number of thiazole rings is 1. The topological polar surface area (TPSA) is 59.4 Å². The van der Waals surface area contributed by atoms with Crippen LogP contribution in [0.25, 0.3) is 0 Å². The molecule has 0 aromatic carbocycles. The Kier molecular flexibility index (Phi) is 5.58. The lowest BCUT2D eigenvalue weighted by molar-refractivity contribution is 0.0554. The zero-order chi connectivity index (χ0) is 12.8. The van der Waals surface area contributed by atoms with E-state index < -0.39 is 5.97 Å². The molecule has 0 aliphatic carbocycles. The van der Waals surface area contributed by atoms with Crippen molar-refractivity contribution >= 4 is 17.3 Å². The minimum Gasteiger partial charge on any atom is -0.477 e. The van der Waals surface area contributed by atoms with Gasteiger partial charge in [-0.1, -0.05) is 20.3 Å². The van der Waals surface area contributed by atoms with Crippen LogP contribution >= 0.6 is 11.3 Å². The number of aryl methyl sites for hydroxylation is 1. The molecule has 0 aliphatic rings. The third-order valence-corrected chi connectivity index (χ3v) is 3.61. The van der Waals surface area contributed by atoms with Crippen LogP contribution in [0.5, 0.6) is 0 Å². The molecule has 0 aliphatic heterocycles. The first-order valence-corrected chi connectivity index (χ1v) is 6.80. The Bertz CT molecular complexity index is 370. The quantitative estimate of drug-likeness (QED) is 0.814. The van der Waals surface area contributed by atoms with Gasteiger partial charge in [0.25, 0.3) is 0 Å². The number of carbonyl (C=O) groups is 1. The maximum atomic E-state index is 11.1. The molecule has 1 N–H and O–H groups in total. The first kappa shape index (κ1) is 14.1. The second-order valence-electron chi connectivity index (χ2n) is 3.72. The molecule has 0 saturated heterocycles. The molecule has 1 aromatic heterocycles. The number of ether oxygens (including phenoxy) is 1. The molecular formula is C12H19NO3S. The van der Waals surface area contributed by atoms with Crippen LogP contribution in [-0.2, 0) is 11.2 Å². The summed E-state index contributed by atoms with van der Waals surface area (Å²) in [5.74, 6) is -0.891. The highest BCUT2D eigenvalue weighted by molar-refractivity contribution is 7.13. The molecule has 0 spiro atoms. The van der Waals surface area contributed by atoms with Gasteiger partial charge >= 0.3 is 5.97 Å². The summed E-state index contributed by atoms with van der Waals surface area (Å²) in [6, 6.07) is 0. The summed E-state index contributed by atoms with van der Waals surface area (Å²) in [4.78, 5) is 15.8. The van der Waals surface area contributed by atoms with Gasteiger partial charge in [0.2, 0.25) is 0 Å². The van der Waals surface area contributed by atoms with Crippen LogP contribution in [0.4, 0.5) is 0 Å². The zero-order valence-electron chi connectivity index (χ0n) is 10.5. The summed E-state index contributed by atoms with van der Waals surface area (Å²) in [5.41, 5.74) is 0.665. The second kappa shape index (κ2) is 6.71. The highest BCUT2D eigenvalue weighted by Gasteiger charge is 2.21. The van der Waals surface area contributed by atoms with E-state index in [0.717, 1.165) is 17.8 Å². The average Bonchev–Trinajstić information content (AvgIpc) is 2.72. The Balaban J connectivity index is 2.99. The number of rotatable bonds is 7. The van der Waals surface area contributed by atoms with Crippen LogP contribution in [0.2, 0.25) is 0 Å². The molecule has 96 valence electrons. The highest BCUT2D eigenvalue weighted by atomic mass is 32.1. The summed E-state index contributed by atoms with van der Waals surface area (Å²) < 4.78 is 5.62. The molecule has 17 heavy (non-hydrogen) atoms. The first-order valence-electron chi connectivity index (χ1n) is 5.98. The van der Waals surface area contributed by atoms with Crippen molar-refractivity contribution in [2.45, 2.75) is 46.1 Å². The van der Waals surface area contributed by atoms with Crippen molar-refractivity contribution in [2.24, 2.45) is 0 Å². The molecule has 0 fully saturated rings. The molecule has 1 heterocycles. The van der Waals surface area contributed by atoms with Crippen molar-refractivity contribution in [2.75, 3.05) is 6.61 Å². The van der Waals surface area contributed by atoms with Gasteiger partial charge in [0.1, 0.15) is 16.0 Å². The first-order chi connectivity index (χ1) is 8.13. The molecule has 1 rings (SSSR count). The van der Waals surface area contributed by atoms with Crippen molar-refractivity contribution in [3.05, 3.63) is 15.6 Å². The lowest BCUT2D eigenvalue weighted by Crippen LogP contribution is -2.03. The van der Waals surface area contributed by atoms with Gasteiger partial charge < -0.3 is 9.84 Å². The van der Waals surface area contributed by atoms with E-state index in [1.807, 2.05) is 13.8 Å². The van der Waals surface area contributed by atoms with Gasteiger partial charge in [-0.05, 0) is 19.8 Å². The molecule has 0 radical (unpaired) electrons. The van der Waals surface area contributed by atoms with Crippen LogP contribution in [0.1, 0.15) is 60.1 Å². The van der Waals surface area contributed by atoms with Gasteiger partial charge in [-0.3, -0.25) is 0 Å². The predicted molar refractivity (Wildman–Crippen MR) is 67.7 cm³/mol.